The van der Waals surface area contributed by atoms with Crippen molar-refractivity contribution in [3.63, 3.8) is 0 Å². The Bertz CT molecular complexity index is 622. The summed E-state index contributed by atoms with van der Waals surface area (Å²) in [6.45, 7) is 0. The van der Waals surface area contributed by atoms with Crippen LogP contribution in [0.1, 0.15) is 0 Å². The average Bonchev–Trinajstić information content (AvgIpc) is 2.45. The second-order valence-corrected chi connectivity index (χ2v) is 5.92. The molecule has 2 rings (SSSR count). The largest absolute Gasteiger partial charge is 0.349 e. The van der Waals surface area contributed by atoms with Crippen LogP contribution in [-0.4, -0.2) is 10.7 Å². The highest BCUT2D eigenvalue weighted by atomic mass is 35.5. The lowest BCUT2D eigenvalue weighted by Crippen LogP contribution is -2.11. The van der Waals surface area contributed by atoms with E-state index in [1.165, 1.54) is 0 Å². The summed E-state index contributed by atoms with van der Waals surface area (Å²) >= 11 is 12.0. The van der Waals surface area contributed by atoms with Gasteiger partial charge >= 0.3 is 0 Å². The zero-order chi connectivity index (χ0) is 13.7. The number of fused-ring (bicyclic) bond motifs is 1. The van der Waals surface area contributed by atoms with Crippen LogP contribution in [0, 0.1) is 0 Å². The maximum Gasteiger partial charge on any atom is 0.112 e. The fraction of sp³-hybridized carbons (Fsp3) is 0.0714. The molecule has 1 nitrogen and oxygen atoms in total. The first kappa shape index (κ1) is 14.3. The Balaban J connectivity index is 2.11. The molecule has 0 aromatic heterocycles. The molecule has 0 fully saturated rings. The molecule has 2 aromatic carbocycles. The number of hydrogen-bond acceptors (Lipinski definition) is 2. The molecule has 0 saturated carbocycles. The molecule has 0 bridgehead atoms. The maximum atomic E-state index is 12.1. The number of benzene rings is 2. The molecule has 98 valence electrons. The van der Waals surface area contributed by atoms with Crippen LogP contribution < -0.4 is 5.32 Å². The third-order valence-electron chi connectivity index (χ3n) is 2.49. The van der Waals surface area contributed by atoms with Crippen molar-refractivity contribution in [2.24, 2.45) is 0 Å². The maximum absolute atomic E-state index is 12.1. The van der Waals surface area contributed by atoms with Crippen molar-refractivity contribution in [3.05, 3.63) is 53.2 Å². The molecule has 2 aromatic rings. The first-order chi connectivity index (χ1) is 9.20. The van der Waals surface area contributed by atoms with Crippen molar-refractivity contribution < 1.29 is 4.39 Å². The topological polar surface area (TPSA) is 12.0 Å². The quantitative estimate of drug-likeness (QED) is 0.767. The monoisotopic (exact) mass is 311 g/mol. The zero-order valence-electron chi connectivity index (χ0n) is 9.90. The fourth-order valence-electron chi connectivity index (χ4n) is 1.69. The predicted octanol–water partition coefficient (Wildman–Crippen LogP) is 5.32. The lowest BCUT2D eigenvalue weighted by Gasteiger charge is -2.10. The molecule has 0 aliphatic carbocycles. The van der Waals surface area contributed by atoms with E-state index in [0.717, 1.165) is 28.2 Å². The van der Waals surface area contributed by atoms with Crippen LogP contribution in [0.4, 0.5) is 10.1 Å². The van der Waals surface area contributed by atoms with E-state index in [1.54, 1.807) is 0 Å². The van der Waals surface area contributed by atoms with Crippen LogP contribution in [0.25, 0.3) is 10.8 Å². The smallest absolute Gasteiger partial charge is 0.112 e. The SMILES string of the molecule is F/C=C(\Cl)SCC(=S)Nc1cccc2ccccc12. The normalized spacial score (nSPS) is 11.6. The fourth-order valence-corrected chi connectivity index (χ4v) is 2.54. The molecule has 0 aliphatic rings. The Morgan fingerprint density at radius 1 is 1.26 bits per heavy atom. The van der Waals surface area contributed by atoms with Crippen molar-refractivity contribution in [2.45, 2.75) is 0 Å². The minimum Gasteiger partial charge on any atom is -0.349 e. The number of nitrogens with one attached hydrogen (secondary N) is 1. The number of rotatable bonds is 4. The summed E-state index contributed by atoms with van der Waals surface area (Å²) in [4.78, 5) is 0.612. The molecule has 0 amide bonds. The molecule has 5 heteroatoms. The van der Waals surface area contributed by atoms with Crippen LogP contribution >= 0.6 is 35.6 Å². The molecule has 0 unspecified atom stereocenters. The van der Waals surface area contributed by atoms with Crippen LogP contribution in [0.2, 0.25) is 0 Å². The summed E-state index contributed by atoms with van der Waals surface area (Å²) in [5, 5.41) is 5.41. The van der Waals surface area contributed by atoms with Gasteiger partial charge in [0.1, 0.15) is 10.7 Å². The van der Waals surface area contributed by atoms with Crippen LogP contribution in [-0.2, 0) is 0 Å². The summed E-state index contributed by atoms with van der Waals surface area (Å²) in [5.41, 5.74) is 0.948. The molecule has 1 N–H and O–H groups in total. The number of halogens is 2. The lowest BCUT2D eigenvalue weighted by molar-refractivity contribution is 0.722. The van der Waals surface area contributed by atoms with Crippen LogP contribution in [0.15, 0.2) is 53.2 Å². The number of thiocarbonyl (C=S) groups is 1. The lowest BCUT2D eigenvalue weighted by atomic mass is 10.1. The number of anilines is 1. The van der Waals surface area contributed by atoms with Gasteiger partial charge in [0.25, 0.3) is 0 Å². The summed E-state index contributed by atoms with van der Waals surface area (Å²) < 4.78 is 12.2. The molecular weight excluding hydrogens is 301 g/mol. The van der Waals surface area contributed by atoms with Gasteiger partial charge in [0.15, 0.2) is 0 Å². The molecule has 0 aliphatic heterocycles. The summed E-state index contributed by atoms with van der Waals surface area (Å²) in [6, 6.07) is 14.0. The average molecular weight is 312 g/mol. The number of thioether (sulfide) groups is 1. The minimum atomic E-state index is 0.0991. The highest BCUT2D eigenvalue weighted by molar-refractivity contribution is 8.06. The van der Waals surface area contributed by atoms with Crippen molar-refractivity contribution in [3.8, 4) is 0 Å². The second-order valence-electron chi connectivity index (χ2n) is 3.78. The predicted molar refractivity (Wildman–Crippen MR) is 87.7 cm³/mol. The van der Waals surface area contributed by atoms with Crippen molar-refractivity contribution in [1.29, 1.82) is 0 Å². The summed E-state index contributed by atoms with van der Waals surface area (Å²) in [5.74, 6) is 0.442. The summed E-state index contributed by atoms with van der Waals surface area (Å²) in [7, 11) is 0. The highest BCUT2D eigenvalue weighted by Crippen LogP contribution is 2.24. The Kier molecular flexibility index (Phi) is 5.19. The van der Waals surface area contributed by atoms with E-state index in [0.29, 0.717) is 17.1 Å². The molecule has 0 radical (unpaired) electrons. The first-order valence-electron chi connectivity index (χ1n) is 5.57. The van der Waals surface area contributed by atoms with E-state index in [9.17, 15) is 4.39 Å². The van der Waals surface area contributed by atoms with E-state index in [4.69, 9.17) is 23.8 Å². The molecule has 0 atom stereocenters. The molecular formula is C14H11ClFNS2. The van der Waals surface area contributed by atoms with Gasteiger partial charge in [-0.25, -0.2) is 4.39 Å². The van der Waals surface area contributed by atoms with E-state index in [2.05, 4.69) is 5.32 Å². The molecule has 0 spiro atoms. The van der Waals surface area contributed by atoms with Crippen molar-refractivity contribution >= 4 is 57.0 Å². The van der Waals surface area contributed by atoms with E-state index < -0.39 is 0 Å². The van der Waals surface area contributed by atoms with Crippen molar-refractivity contribution in [2.75, 3.05) is 11.1 Å². The first-order valence-corrected chi connectivity index (χ1v) is 7.34. The van der Waals surface area contributed by atoms with Crippen molar-refractivity contribution in [1.82, 2.24) is 0 Å². The third-order valence-corrected chi connectivity index (χ3v) is 4.13. The number of hydrogen-bond donors (Lipinski definition) is 1. The van der Waals surface area contributed by atoms with E-state index in [-0.39, 0.29) is 4.36 Å². The van der Waals surface area contributed by atoms with Gasteiger partial charge in [-0.05, 0) is 11.5 Å². The van der Waals surface area contributed by atoms with Gasteiger partial charge in [0.05, 0.1) is 4.99 Å². The van der Waals surface area contributed by atoms with Crippen LogP contribution in [0.5, 0.6) is 0 Å². The third kappa shape index (κ3) is 3.93. The van der Waals surface area contributed by atoms with Gasteiger partial charge in [-0.15, -0.1) is 11.8 Å². The summed E-state index contributed by atoms with van der Waals surface area (Å²) in [6.07, 6.45) is 0.368. The molecule has 0 heterocycles. The Hall–Kier alpha value is -1.10. The van der Waals surface area contributed by atoms with Gasteiger partial charge in [-0.2, -0.15) is 0 Å². The minimum absolute atomic E-state index is 0.0991. The van der Waals surface area contributed by atoms with Gasteiger partial charge in [-0.1, -0.05) is 60.2 Å². The Morgan fingerprint density at radius 2 is 2.00 bits per heavy atom. The zero-order valence-corrected chi connectivity index (χ0v) is 12.3. The van der Waals surface area contributed by atoms with Gasteiger partial charge < -0.3 is 5.32 Å². The highest BCUT2D eigenvalue weighted by Gasteiger charge is 2.04. The van der Waals surface area contributed by atoms with Gasteiger partial charge in [0.2, 0.25) is 0 Å². The van der Waals surface area contributed by atoms with Gasteiger partial charge in [-0.3, -0.25) is 0 Å². The molecule has 19 heavy (non-hydrogen) atoms. The Morgan fingerprint density at radius 3 is 2.79 bits per heavy atom. The van der Waals surface area contributed by atoms with Gasteiger partial charge in [0, 0.05) is 16.8 Å². The Labute approximate surface area is 125 Å². The molecule has 0 saturated heterocycles. The van der Waals surface area contributed by atoms with E-state index in [1.807, 2.05) is 42.5 Å². The van der Waals surface area contributed by atoms with Crippen LogP contribution in [0.3, 0.4) is 0 Å². The standard InChI is InChI=1S/C14H11ClFNS2/c15-13(8-16)19-9-14(18)17-12-7-3-5-10-4-1-2-6-11(10)12/h1-8H,9H2,(H,17,18)/b13-8+. The van der Waals surface area contributed by atoms with E-state index >= 15 is 0 Å². The second kappa shape index (κ2) is 6.89.